The van der Waals surface area contributed by atoms with Crippen molar-refractivity contribution < 1.29 is 18.3 Å². The van der Waals surface area contributed by atoms with Crippen molar-refractivity contribution in [3.05, 3.63) is 23.8 Å². The van der Waals surface area contributed by atoms with Gasteiger partial charge in [0.25, 0.3) is 0 Å². The van der Waals surface area contributed by atoms with E-state index in [1.54, 1.807) is 19.1 Å². The molecule has 4 N–H and O–H groups in total. The lowest BCUT2D eigenvalue weighted by Crippen LogP contribution is -2.41. The van der Waals surface area contributed by atoms with Gasteiger partial charge in [0.05, 0.1) is 24.9 Å². The second kappa shape index (κ2) is 6.14. The molecule has 7 heteroatoms. The molecule has 0 saturated carbocycles. The van der Waals surface area contributed by atoms with E-state index < -0.39 is 16.1 Å². The molecule has 6 nitrogen and oxygen atoms in total. The lowest BCUT2D eigenvalue weighted by Gasteiger charge is -2.17. The van der Waals surface area contributed by atoms with Crippen LogP contribution >= 0.6 is 0 Å². The van der Waals surface area contributed by atoms with Gasteiger partial charge in [0.15, 0.2) is 0 Å². The van der Waals surface area contributed by atoms with E-state index >= 15 is 0 Å². The Morgan fingerprint density at radius 2 is 2.17 bits per heavy atom. The highest BCUT2D eigenvalue weighted by molar-refractivity contribution is 7.89. The topological polar surface area (TPSA) is 102 Å². The van der Waals surface area contributed by atoms with Gasteiger partial charge in [0.2, 0.25) is 10.0 Å². The summed E-state index contributed by atoms with van der Waals surface area (Å²) < 4.78 is 31.5. The van der Waals surface area contributed by atoms with Crippen molar-refractivity contribution in [2.75, 3.05) is 26.1 Å². The van der Waals surface area contributed by atoms with Crippen LogP contribution in [0.3, 0.4) is 0 Å². The number of nitrogen functional groups attached to an aromatic ring is 1. The van der Waals surface area contributed by atoms with E-state index in [0.29, 0.717) is 5.56 Å². The zero-order valence-corrected chi connectivity index (χ0v) is 11.2. The Hall–Kier alpha value is -1.15. The van der Waals surface area contributed by atoms with Crippen molar-refractivity contribution in [3.63, 3.8) is 0 Å². The van der Waals surface area contributed by atoms with Gasteiger partial charge in [-0.1, -0.05) is 12.1 Å². The molecule has 0 bridgehead atoms. The number of nitrogens with two attached hydrogens (primary N) is 1. The summed E-state index contributed by atoms with van der Waals surface area (Å²) in [5.41, 5.74) is 6.42. The fraction of sp³-hybridized carbons (Fsp3) is 0.455. The molecule has 0 aliphatic heterocycles. The molecule has 0 fully saturated rings. The van der Waals surface area contributed by atoms with E-state index in [1.165, 1.54) is 13.2 Å². The number of aryl methyl sites for hydroxylation is 1. The zero-order chi connectivity index (χ0) is 13.8. The Morgan fingerprint density at radius 3 is 2.67 bits per heavy atom. The SMILES string of the molecule is COCC(CO)NS(=O)(=O)c1c(C)cccc1N. The van der Waals surface area contributed by atoms with Crippen molar-refractivity contribution >= 4 is 15.7 Å². The Bertz CT molecular complexity index is 482. The average molecular weight is 274 g/mol. The summed E-state index contributed by atoms with van der Waals surface area (Å²) in [4.78, 5) is 0.0413. The molecule has 0 saturated heterocycles. The van der Waals surface area contributed by atoms with Crippen molar-refractivity contribution in [2.24, 2.45) is 0 Å². The quantitative estimate of drug-likeness (QED) is 0.627. The third-order valence-corrected chi connectivity index (χ3v) is 4.16. The molecule has 102 valence electrons. The second-order valence-corrected chi connectivity index (χ2v) is 5.60. The summed E-state index contributed by atoms with van der Waals surface area (Å²) in [5, 5.41) is 9.07. The van der Waals surface area contributed by atoms with Gasteiger partial charge in [-0.25, -0.2) is 13.1 Å². The minimum atomic E-state index is -3.77. The summed E-state index contributed by atoms with van der Waals surface area (Å²) in [7, 11) is -2.34. The van der Waals surface area contributed by atoms with Crippen LogP contribution in [0.1, 0.15) is 5.56 Å². The van der Waals surface area contributed by atoms with Crippen LogP contribution in [-0.4, -0.2) is 39.9 Å². The van der Waals surface area contributed by atoms with Crippen LogP contribution in [0.5, 0.6) is 0 Å². The number of rotatable bonds is 6. The summed E-state index contributed by atoms with van der Waals surface area (Å²) >= 11 is 0. The number of sulfonamides is 1. The molecular weight excluding hydrogens is 256 g/mol. The summed E-state index contributed by atoms with van der Waals surface area (Å²) in [5.74, 6) is 0. The minimum Gasteiger partial charge on any atom is -0.398 e. The van der Waals surface area contributed by atoms with Gasteiger partial charge in [-0.15, -0.1) is 0 Å². The number of aliphatic hydroxyl groups excluding tert-OH is 1. The molecule has 18 heavy (non-hydrogen) atoms. The standard InChI is InChI=1S/C11H18N2O4S/c1-8-4-3-5-10(12)11(8)18(15,16)13-9(6-14)7-17-2/h3-5,9,13-14H,6-7,12H2,1-2H3. The maximum absolute atomic E-state index is 12.2. The molecule has 1 aromatic carbocycles. The molecule has 1 unspecified atom stereocenters. The molecule has 1 atom stereocenters. The highest BCUT2D eigenvalue weighted by Crippen LogP contribution is 2.22. The third-order valence-electron chi connectivity index (χ3n) is 2.42. The molecule has 0 radical (unpaired) electrons. The normalized spacial score (nSPS) is 13.5. The van der Waals surface area contributed by atoms with E-state index in [1.807, 2.05) is 0 Å². The Morgan fingerprint density at radius 1 is 1.50 bits per heavy atom. The van der Waals surface area contributed by atoms with E-state index in [-0.39, 0.29) is 23.8 Å². The summed E-state index contributed by atoms with van der Waals surface area (Å²) in [6, 6.07) is 4.17. The smallest absolute Gasteiger partial charge is 0.243 e. The van der Waals surface area contributed by atoms with Crippen LogP contribution in [-0.2, 0) is 14.8 Å². The first kappa shape index (κ1) is 14.9. The van der Waals surface area contributed by atoms with Crippen molar-refractivity contribution in [2.45, 2.75) is 17.9 Å². The van der Waals surface area contributed by atoms with E-state index in [9.17, 15) is 8.42 Å². The Balaban J connectivity index is 3.06. The average Bonchev–Trinajstić information content (AvgIpc) is 2.27. The number of ether oxygens (including phenoxy) is 1. The highest BCUT2D eigenvalue weighted by atomic mass is 32.2. The van der Waals surface area contributed by atoms with E-state index in [2.05, 4.69) is 4.72 Å². The molecule has 1 rings (SSSR count). The number of benzene rings is 1. The molecule has 0 aliphatic rings. The molecule has 1 aromatic rings. The molecule has 0 aromatic heterocycles. The molecule has 0 spiro atoms. The van der Waals surface area contributed by atoms with Gasteiger partial charge in [0, 0.05) is 7.11 Å². The number of hydrogen-bond donors (Lipinski definition) is 3. The predicted octanol–water partition coefficient (Wildman–Crippen LogP) is -0.137. The van der Waals surface area contributed by atoms with Crippen LogP contribution in [0, 0.1) is 6.92 Å². The fourth-order valence-electron chi connectivity index (χ4n) is 1.65. The Labute approximate surface area is 107 Å². The predicted molar refractivity (Wildman–Crippen MR) is 68.7 cm³/mol. The van der Waals surface area contributed by atoms with Gasteiger partial charge in [0.1, 0.15) is 4.90 Å². The third kappa shape index (κ3) is 3.42. The lowest BCUT2D eigenvalue weighted by molar-refractivity contribution is 0.139. The lowest BCUT2D eigenvalue weighted by atomic mass is 10.2. The van der Waals surface area contributed by atoms with Crippen LogP contribution < -0.4 is 10.5 Å². The molecule has 0 amide bonds. The van der Waals surface area contributed by atoms with E-state index in [4.69, 9.17) is 15.6 Å². The Kier molecular flexibility index (Phi) is 5.09. The monoisotopic (exact) mass is 274 g/mol. The maximum Gasteiger partial charge on any atom is 0.243 e. The second-order valence-electron chi connectivity index (χ2n) is 3.95. The van der Waals surface area contributed by atoms with Gasteiger partial charge in [-0.3, -0.25) is 0 Å². The maximum atomic E-state index is 12.2. The van der Waals surface area contributed by atoms with Crippen LogP contribution in [0.15, 0.2) is 23.1 Å². The van der Waals surface area contributed by atoms with Crippen LogP contribution in [0.25, 0.3) is 0 Å². The molecule has 0 heterocycles. The number of methoxy groups -OCH3 is 1. The van der Waals surface area contributed by atoms with Gasteiger partial charge >= 0.3 is 0 Å². The van der Waals surface area contributed by atoms with Crippen molar-refractivity contribution in [3.8, 4) is 0 Å². The number of hydrogen-bond acceptors (Lipinski definition) is 5. The van der Waals surface area contributed by atoms with Crippen molar-refractivity contribution in [1.82, 2.24) is 4.72 Å². The molecular formula is C11H18N2O4S. The first-order valence-corrected chi connectivity index (χ1v) is 6.88. The number of anilines is 1. The zero-order valence-electron chi connectivity index (χ0n) is 10.4. The first-order valence-electron chi connectivity index (χ1n) is 5.39. The minimum absolute atomic E-state index is 0.0413. The van der Waals surface area contributed by atoms with Crippen molar-refractivity contribution in [1.29, 1.82) is 0 Å². The highest BCUT2D eigenvalue weighted by Gasteiger charge is 2.23. The fourth-order valence-corrected chi connectivity index (χ4v) is 3.22. The summed E-state index contributed by atoms with van der Waals surface area (Å²) in [6.07, 6.45) is 0. The molecule has 0 aliphatic carbocycles. The van der Waals surface area contributed by atoms with Gasteiger partial charge < -0.3 is 15.6 Å². The van der Waals surface area contributed by atoms with Crippen LogP contribution in [0.4, 0.5) is 5.69 Å². The number of nitrogens with one attached hydrogen (secondary N) is 1. The van der Waals surface area contributed by atoms with Gasteiger partial charge in [-0.2, -0.15) is 0 Å². The first-order chi connectivity index (χ1) is 8.42. The van der Waals surface area contributed by atoms with E-state index in [0.717, 1.165) is 0 Å². The summed E-state index contributed by atoms with van der Waals surface area (Å²) in [6.45, 7) is 1.40. The van der Waals surface area contributed by atoms with Gasteiger partial charge in [-0.05, 0) is 18.6 Å². The number of aliphatic hydroxyl groups is 1. The largest absolute Gasteiger partial charge is 0.398 e. The van der Waals surface area contributed by atoms with Crippen LogP contribution in [0.2, 0.25) is 0 Å².